The molecule has 0 radical (unpaired) electrons. The van der Waals surface area contributed by atoms with Crippen LogP contribution in [0.15, 0.2) is 30.3 Å². The van der Waals surface area contributed by atoms with Crippen LogP contribution in [-0.4, -0.2) is 33.7 Å². The average Bonchev–Trinajstić information content (AvgIpc) is 2.96. The topological polar surface area (TPSA) is 50.2 Å². The summed E-state index contributed by atoms with van der Waals surface area (Å²) >= 11 is 0. The lowest BCUT2D eigenvalue weighted by Gasteiger charge is -2.26. The molecule has 1 amide bonds. The Morgan fingerprint density at radius 2 is 1.85 bits per heavy atom. The summed E-state index contributed by atoms with van der Waals surface area (Å²) in [7, 11) is 0. The molecule has 2 heterocycles. The molecule has 1 aromatic carbocycles. The molecule has 0 saturated carbocycles. The van der Waals surface area contributed by atoms with Crippen LogP contribution in [0.25, 0.3) is 0 Å². The minimum absolute atomic E-state index is 0.0221. The molecule has 26 heavy (non-hydrogen) atoms. The second kappa shape index (κ2) is 8.49. The van der Waals surface area contributed by atoms with E-state index in [0.29, 0.717) is 6.42 Å². The second-order valence-corrected chi connectivity index (χ2v) is 7.51. The highest BCUT2D eigenvalue weighted by molar-refractivity contribution is 5.90. The fourth-order valence-corrected chi connectivity index (χ4v) is 3.73. The number of amides is 1. The molecule has 1 N–H and O–H groups in total. The molecule has 5 heteroatoms. The molecule has 1 unspecified atom stereocenters. The van der Waals surface area contributed by atoms with E-state index in [1.807, 2.05) is 43.7 Å². The van der Waals surface area contributed by atoms with Crippen molar-refractivity contribution in [2.24, 2.45) is 0 Å². The minimum Gasteiger partial charge on any atom is -0.326 e. The van der Waals surface area contributed by atoms with Crippen molar-refractivity contribution < 1.29 is 4.79 Å². The molecule has 2 aromatic rings. The van der Waals surface area contributed by atoms with E-state index in [1.165, 1.54) is 37.9 Å². The first-order valence-electron chi connectivity index (χ1n) is 9.65. The van der Waals surface area contributed by atoms with Crippen LogP contribution in [0, 0.1) is 13.8 Å². The van der Waals surface area contributed by atoms with E-state index >= 15 is 0 Å². The van der Waals surface area contributed by atoms with Gasteiger partial charge < -0.3 is 5.32 Å². The monoisotopic (exact) mass is 354 g/mol. The average molecular weight is 354 g/mol. The van der Waals surface area contributed by atoms with E-state index in [-0.39, 0.29) is 11.9 Å². The minimum atomic E-state index is 0.0221. The molecule has 1 aliphatic rings. The maximum Gasteiger partial charge on any atom is 0.226 e. The Morgan fingerprint density at radius 1 is 1.15 bits per heavy atom. The third-order valence-electron chi connectivity index (χ3n) is 5.04. The predicted octanol–water partition coefficient (Wildman–Crippen LogP) is 4.08. The van der Waals surface area contributed by atoms with Crippen molar-refractivity contribution in [1.29, 1.82) is 0 Å². The summed E-state index contributed by atoms with van der Waals surface area (Å²) in [6, 6.07) is 10.3. The van der Waals surface area contributed by atoms with Crippen LogP contribution in [0.1, 0.15) is 55.6 Å². The smallest absolute Gasteiger partial charge is 0.226 e. The third kappa shape index (κ3) is 4.94. The van der Waals surface area contributed by atoms with Gasteiger partial charge in [-0.1, -0.05) is 18.6 Å². The van der Waals surface area contributed by atoms with E-state index in [2.05, 4.69) is 27.4 Å². The summed E-state index contributed by atoms with van der Waals surface area (Å²) in [6.07, 6.45) is 4.39. The largest absolute Gasteiger partial charge is 0.326 e. The lowest BCUT2D eigenvalue weighted by Crippen LogP contribution is -2.29. The molecule has 1 fully saturated rings. The van der Waals surface area contributed by atoms with Gasteiger partial charge in [0.15, 0.2) is 0 Å². The van der Waals surface area contributed by atoms with Gasteiger partial charge in [0, 0.05) is 24.3 Å². The highest BCUT2D eigenvalue weighted by Gasteiger charge is 2.14. The summed E-state index contributed by atoms with van der Waals surface area (Å²) in [5.41, 5.74) is 4.24. The van der Waals surface area contributed by atoms with Crippen molar-refractivity contribution in [1.82, 2.24) is 14.7 Å². The van der Waals surface area contributed by atoms with Crippen LogP contribution in [0.5, 0.6) is 0 Å². The number of aromatic nitrogens is 2. The van der Waals surface area contributed by atoms with Gasteiger partial charge in [-0.3, -0.25) is 14.4 Å². The second-order valence-electron chi connectivity index (χ2n) is 7.51. The van der Waals surface area contributed by atoms with Crippen LogP contribution in [-0.2, 0) is 11.3 Å². The molecule has 0 aliphatic carbocycles. The zero-order valence-corrected chi connectivity index (χ0v) is 16.2. The number of piperidine rings is 1. The van der Waals surface area contributed by atoms with E-state index in [9.17, 15) is 4.79 Å². The number of hydrogen-bond acceptors (Lipinski definition) is 3. The van der Waals surface area contributed by atoms with Gasteiger partial charge in [0.25, 0.3) is 0 Å². The SMILES string of the molecule is Cc1cc(C)n(C(C)CC(=O)Nc2ccc(CN3CCCCC3)cc2)n1. The Bertz CT molecular complexity index is 729. The molecule has 5 nitrogen and oxygen atoms in total. The van der Waals surface area contributed by atoms with Crippen molar-refractivity contribution >= 4 is 11.6 Å². The van der Waals surface area contributed by atoms with Gasteiger partial charge in [0.2, 0.25) is 5.91 Å². The first kappa shape index (κ1) is 18.6. The van der Waals surface area contributed by atoms with E-state index in [1.54, 1.807) is 0 Å². The maximum atomic E-state index is 12.4. The fraction of sp³-hybridized carbons (Fsp3) is 0.524. The number of rotatable bonds is 6. The summed E-state index contributed by atoms with van der Waals surface area (Å²) in [4.78, 5) is 14.9. The Labute approximate surface area is 156 Å². The highest BCUT2D eigenvalue weighted by Crippen LogP contribution is 2.18. The Balaban J connectivity index is 1.51. The molecular formula is C21H30N4O. The van der Waals surface area contributed by atoms with E-state index in [4.69, 9.17) is 0 Å². The number of anilines is 1. The molecular weight excluding hydrogens is 324 g/mol. The van der Waals surface area contributed by atoms with Crippen LogP contribution in [0.3, 0.4) is 0 Å². The molecule has 1 saturated heterocycles. The summed E-state index contributed by atoms with van der Waals surface area (Å²) in [5, 5.41) is 7.48. The van der Waals surface area contributed by atoms with Crippen molar-refractivity contribution in [3.8, 4) is 0 Å². The lowest BCUT2D eigenvalue weighted by molar-refractivity contribution is -0.116. The summed E-state index contributed by atoms with van der Waals surface area (Å²) in [6.45, 7) is 9.42. The molecule has 140 valence electrons. The van der Waals surface area contributed by atoms with Gasteiger partial charge >= 0.3 is 0 Å². The molecule has 0 bridgehead atoms. The molecule has 1 atom stereocenters. The number of carbonyl (C=O) groups excluding carboxylic acids is 1. The van der Waals surface area contributed by atoms with E-state index in [0.717, 1.165) is 23.6 Å². The molecule has 1 aliphatic heterocycles. The van der Waals surface area contributed by atoms with Gasteiger partial charge in [-0.25, -0.2) is 0 Å². The normalized spacial score (nSPS) is 16.4. The fourth-order valence-electron chi connectivity index (χ4n) is 3.73. The summed E-state index contributed by atoms with van der Waals surface area (Å²) in [5.74, 6) is 0.0221. The highest BCUT2D eigenvalue weighted by atomic mass is 16.1. The number of nitrogens with zero attached hydrogens (tertiary/aromatic N) is 3. The van der Waals surface area contributed by atoms with Crippen molar-refractivity contribution in [3.63, 3.8) is 0 Å². The predicted molar refractivity (Wildman–Crippen MR) is 105 cm³/mol. The van der Waals surface area contributed by atoms with Crippen LogP contribution in [0.4, 0.5) is 5.69 Å². The molecule has 1 aromatic heterocycles. The Hall–Kier alpha value is -2.14. The lowest BCUT2D eigenvalue weighted by atomic mass is 10.1. The number of hydrogen-bond donors (Lipinski definition) is 1. The third-order valence-corrected chi connectivity index (χ3v) is 5.04. The van der Waals surface area contributed by atoms with Crippen molar-refractivity contribution in [3.05, 3.63) is 47.3 Å². The quantitative estimate of drug-likeness (QED) is 0.850. The molecule has 0 spiro atoms. The first-order chi connectivity index (χ1) is 12.5. The number of aryl methyl sites for hydroxylation is 2. The number of likely N-dealkylation sites (tertiary alicyclic amines) is 1. The van der Waals surface area contributed by atoms with Crippen LogP contribution in [0.2, 0.25) is 0 Å². The molecule has 3 rings (SSSR count). The van der Waals surface area contributed by atoms with E-state index < -0.39 is 0 Å². The Morgan fingerprint density at radius 3 is 2.46 bits per heavy atom. The van der Waals surface area contributed by atoms with Gasteiger partial charge in [0.1, 0.15) is 0 Å². The zero-order valence-electron chi connectivity index (χ0n) is 16.2. The van der Waals surface area contributed by atoms with Crippen molar-refractivity contribution in [2.45, 2.75) is 59.0 Å². The van der Waals surface area contributed by atoms with Crippen LogP contribution < -0.4 is 5.32 Å². The standard InChI is InChI=1S/C21H30N4O/c1-16-13-17(2)25(23-16)18(3)14-21(26)22-20-9-7-19(8-10-20)15-24-11-5-4-6-12-24/h7-10,13,18H,4-6,11-12,14-15H2,1-3H3,(H,22,26). The number of benzene rings is 1. The van der Waals surface area contributed by atoms with Gasteiger partial charge in [-0.15, -0.1) is 0 Å². The number of carbonyl (C=O) groups is 1. The Kier molecular flexibility index (Phi) is 6.09. The van der Waals surface area contributed by atoms with Gasteiger partial charge in [0.05, 0.1) is 11.7 Å². The van der Waals surface area contributed by atoms with Crippen LogP contribution >= 0.6 is 0 Å². The van der Waals surface area contributed by atoms with Gasteiger partial charge in [-0.05, 0) is 70.5 Å². The summed E-state index contributed by atoms with van der Waals surface area (Å²) < 4.78 is 1.93. The van der Waals surface area contributed by atoms with Crippen molar-refractivity contribution in [2.75, 3.05) is 18.4 Å². The number of nitrogens with one attached hydrogen (secondary N) is 1. The maximum absolute atomic E-state index is 12.4. The zero-order chi connectivity index (χ0) is 18.5. The first-order valence-corrected chi connectivity index (χ1v) is 9.65. The van der Waals surface area contributed by atoms with Gasteiger partial charge in [-0.2, -0.15) is 5.10 Å².